The predicted molar refractivity (Wildman–Crippen MR) is 135 cm³/mol. The van der Waals surface area contributed by atoms with E-state index >= 15 is 0 Å². The number of carboxylic acids is 1. The van der Waals surface area contributed by atoms with E-state index < -0.39 is 57.7 Å². The zero-order valence-electron chi connectivity index (χ0n) is 19.7. The molecule has 1 aliphatic rings. The summed E-state index contributed by atoms with van der Waals surface area (Å²) in [6.45, 7) is 5.01. The third-order valence-corrected chi connectivity index (χ3v) is 8.96. The van der Waals surface area contributed by atoms with Crippen molar-refractivity contribution >= 4 is 44.9 Å². The molecule has 0 spiro atoms. The summed E-state index contributed by atoms with van der Waals surface area (Å²) in [5.74, 6) is -2.00. The average molecular weight is 542 g/mol. The third-order valence-electron chi connectivity index (χ3n) is 6.18. The van der Waals surface area contributed by atoms with Crippen LogP contribution in [0.1, 0.15) is 56.9 Å². The number of aliphatic carboxylic acids is 1. The van der Waals surface area contributed by atoms with Crippen molar-refractivity contribution < 1.29 is 27.9 Å². The second-order valence-electron chi connectivity index (χ2n) is 8.88. The number of benzene rings is 2. The minimum atomic E-state index is -3.52. The molecule has 0 aliphatic carbocycles. The van der Waals surface area contributed by atoms with E-state index in [1.54, 1.807) is 62.4 Å². The topological polar surface area (TPSA) is 101 Å². The van der Waals surface area contributed by atoms with Gasteiger partial charge in [0, 0.05) is 16.1 Å². The quantitative estimate of drug-likeness (QED) is 0.475. The van der Waals surface area contributed by atoms with Gasteiger partial charge in [-0.25, -0.2) is 8.42 Å². The van der Waals surface area contributed by atoms with Crippen LogP contribution in [0, 0.1) is 0 Å². The van der Waals surface area contributed by atoms with Crippen molar-refractivity contribution in [3.05, 3.63) is 69.7 Å². The number of ether oxygens (including phenoxy) is 1. The first-order chi connectivity index (χ1) is 16.4. The molecule has 0 radical (unpaired) electrons. The van der Waals surface area contributed by atoms with Gasteiger partial charge in [-0.15, -0.1) is 0 Å². The molecule has 4 atom stereocenters. The minimum absolute atomic E-state index is 0.251. The van der Waals surface area contributed by atoms with E-state index in [-0.39, 0.29) is 5.75 Å². The highest BCUT2D eigenvalue weighted by Gasteiger charge is 2.47. The molecule has 0 saturated carbocycles. The van der Waals surface area contributed by atoms with Crippen LogP contribution in [0.5, 0.6) is 0 Å². The highest BCUT2D eigenvalue weighted by molar-refractivity contribution is 7.92. The van der Waals surface area contributed by atoms with Crippen LogP contribution >= 0.6 is 23.2 Å². The van der Waals surface area contributed by atoms with E-state index in [0.717, 1.165) is 0 Å². The van der Waals surface area contributed by atoms with Gasteiger partial charge in [0.15, 0.2) is 9.84 Å². The van der Waals surface area contributed by atoms with E-state index in [0.29, 0.717) is 27.6 Å². The second kappa shape index (κ2) is 11.3. The van der Waals surface area contributed by atoms with Crippen molar-refractivity contribution in [2.75, 3.05) is 5.75 Å². The number of morpholine rings is 1. The number of amides is 1. The van der Waals surface area contributed by atoms with E-state index in [2.05, 4.69) is 0 Å². The van der Waals surface area contributed by atoms with Crippen molar-refractivity contribution in [1.82, 2.24) is 4.90 Å². The largest absolute Gasteiger partial charge is 0.481 e. The number of carbonyl (C=O) groups excluding carboxylic acids is 1. The standard InChI is InChI=1S/C25H29Cl2NO6S/c1-4-20(14-35(32,33)15(2)3)28-23(16-8-10-18(26)11-9-16)24(17-6-5-7-19(27)12-17)34-21(25(28)31)13-22(29)30/h5-12,15,20-21,23-24H,4,13-14H2,1-3H3,(H,29,30)/t20?,21-,23-,24-/m1/s1. The van der Waals surface area contributed by atoms with Crippen LogP contribution in [0.4, 0.5) is 0 Å². The summed E-state index contributed by atoms with van der Waals surface area (Å²) < 4.78 is 31.9. The number of carboxylic acid groups (broad SMARTS) is 1. The maximum atomic E-state index is 13.7. The normalized spacial score (nSPS) is 21.8. The molecule has 190 valence electrons. The predicted octanol–water partition coefficient (Wildman–Crippen LogP) is 5.08. The zero-order valence-corrected chi connectivity index (χ0v) is 22.1. The Morgan fingerprint density at radius 1 is 1.09 bits per heavy atom. The van der Waals surface area contributed by atoms with Crippen molar-refractivity contribution in [2.24, 2.45) is 0 Å². The molecule has 0 bridgehead atoms. The molecule has 1 heterocycles. The zero-order chi connectivity index (χ0) is 25.9. The summed E-state index contributed by atoms with van der Waals surface area (Å²) in [6.07, 6.45) is -2.26. The molecule has 1 unspecified atom stereocenters. The van der Waals surface area contributed by atoms with Crippen LogP contribution in [0.2, 0.25) is 10.0 Å². The van der Waals surface area contributed by atoms with Crippen LogP contribution in [0.25, 0.3) is 0 Å². The van der Waals surface area contributed by atoms with E-state index in [9.17, 15) is 23.1 Å². The van der Waals surface area contributed by atoms with Crippen LogP contribution in [-0.2, 0) is 24.2 Å². The Labute approximate surface area is 215 Å². The summed E-state index contributed by atoms with van der Waals surface area (Å²) in [7, 11) is -3.52. The number of hydrogen-bond acceptors (Lipinski definition) is 5. The van der Waals surface area contributed by atoms with E-state index in [1.165, 1.54) is 4.90 Å². The number of halogens is 2. The lowest BCUT2D eigenvalue weighted by Gasteiger charge is -2.48. The Bertz CT molecular complexity index is 1170. The van der Waals surface area contributed by atoms with Crippen molar-refractivity contribution in [3.8, 4) is 0 Å². The molecule has 0 aromatic heterocycles. The highest BCUT2D eigenvalue weighted by Crippen LogP contribution is 2.44. The van der Waals surface area contributed by atoms with E-state index in [1.807, 2.05) is 6.92 Å². The number of sulfone groups is 1. The maximum Gasteiger partial charge on any atom is 0.306 e. The summed E-state index contributed by atoms with van der Waals surface area (Å²) in [5, 5.41) is 9.79. The highest BCUT2D eigenvalue weighted by atomic mass is 35.5. The van der Waals surface area contributed by atoms with Crippen LogP contribution < -0.4 is 0 Å². The summed E-state index contributed by atoms with van der Waals surface area (Å²) in [6, 6.07) is 12.4. The van der Waals surface area contributed by atoms with Gasteiger partial charge in [0.1, 0.15) is 12.2 Å². The molecular formula is C25H29Cl2NO6S. The third kappa shape index (κ3) is 6.36. The van der Waals surface area contributed by atoms with Gasteiger partial charge in [-0.05, 0) is 55.7 Å². The first-order valence-corrected chi connectivity index (χ1v) is 13.8. The molecule has 2 aromatic carbocycles. The lowest BCUT2D eigenvalue weighted by molar-refractivity contribution is -0.182. The first-order valence-electron chi connectivity index (χ1n) is 11.4. The van der Waals surface area contributed by atoms with Crippen LogP contribution in [0.3, 0.4) is 0 Å². The molecule has 1 saturated heterocycles. The smallest absolute Gasteiger partial charge is 0.306 e. The molecule has 2 aromatic rings. The van der Waals surface area contributed by atoms with Crippen molar-refractivity contribution in [1.29, 1.82) is 0 Å². The van der Waals surface area contributed by atoms with Crippen LogP contribution in [0.15, 0.2) is 48.5 Å². The Hall–Kier alpha value is -2.13. The van der Waals surface area contributed by atoms with Gasteiger partial charge in [-0.3, -0.25) is 9.59 Å². The molecule has 1 N–H and O–H groups in total. The average Bonchev–Trinajstić information content (AvgIpc) is 2.79. The lowest BCUT2D eigenvalue weighted by Crippen LogP contribution is -2.56. The minimum Gasteiger partial charge on any atom is -0.481 e. The van der Waals surface area contributed by atoms with Gasteiger partial charge in [0.05, 0.1) is 23.5 Å². The molecule has 7 nitrogen and oxygen atoms in total. The molecule has 3 rings (SSSR count). The Morgan fingerprint density at radius 3 is 2.29 bits per heavy atom. The first kappa shape index (κ1) is 27.5. The Morgan fingerprint density at radius 2 is 1.74 bits per heavy atom. The Kier molecular flexibility index (Phi) is 8.86. The van der Waals surface area contributed by atoms with Gasteiger partial charge < -0.3 is 14.7 Å². The number of carbonyl (C=O) groups is 2. The molecule has 1 aliphatic heterocycles. The van der Waals surface area contributed by atoms with Crippen molar-refractivity contribution in [3.63, 3.8) is 0 Å². The van der Waals surface area contributed by atoms with Gasteiger partial charge in [-0.2, -0.15) is 0 Å². The number of hydrogen-bond donors (Lipinski definition) is 1. The van der Waals surface area contributed by atoms with E-state index in [4.69, 9.17) is 27.9 Å². The fourth-order valence-electron chi connectivity index (χ4n) is 4.26. The summed E-state index contributed by atoms with van der Waals surface area (Å²) in [5.41, 5.74) is 1.33. The SMILES string of the molecule is CCC(CS(=O)(=O)C(C)C)N1C(=O)[C@@H](CC(=O)O)O[C@H](c2cccc(Cl)c2)[C@H]1c1ccc(Cl)cc1. The van der Waals surface area contributed by atoms with Crippen molar-refractivity contribution in [2.45, 2.75) is 63.2 Å². The van der Waals surface area contributed by atoms with Gasteiger partial charge in [0.25, 0.3) is 5.91 Å². The number of nitrogens with zero attached hydrogens (tertiary/aromatic N) is 1. The maximum absolute atomic E-state index is 13.7. The Balaban J connectivity index is 2.21. The van der Waals surface area contributed by atoms with Gasteiger partial charge in [-0.1, -0.05) is 54.4 Å². The molecular weight excluding hydrogens is 513 g/mol. The number of rotatable bonds is 9. The fourth-order valence-corrected chi connectivity index (χ4v) is 5.90. The summed E-state index contributed by atoms with van der Waals surface area (Å²) >= 11 is 12.4. The van der Waals surface area contributed by atoms with Crippen LogP contribution in [-0.4, -0.2) is 53.4 Å². The van der Waals surface area contributed by atoms with Gasteiger partial charge in [0.2, 0.25) is 0 Å². The monoisotopic (exact) mass is 541 g/mol. The second-order valence-corrected chi connectivity index (χ2v) is 12.4. The molecule has 35 heavy (non-hydrogen) atoms. The molecule has 1 fully saturated rings. The molecule has 10 heteroatoms. The summed E-state index contributed by atoms with van der Waals surface area (Å²) in [4.78, 5) is 26.8. The van der Waals surface area contributed by atoms with Gasteiger partial charge >= 0.3 is 5.97 Å². The fraction of sp³-hybridized carbons (Fsp3) is 0.440. The molecule has 1 amide bonds. The lowest BCUT2D eigenvalue weighted by atomic mass is 9.89.